The van der Waals surface area contributed by atoms with Crippen LogP contribution in [0.2, 0.25) is 0 Å². The van der Waals surface area contributed by atoms with Gasteiger partial charge in [-0.3, -0.25) is 19.2 Å². The summed E-state index contributed by atoms with van der Waals surface area (Å²) in [6.45, 7) is 0.909. The standard InChI is InChI=1S/C16H29N5O6S/c1-10(22)16(28,5-7-19-13(24)9-20-12(23)8-18)15(27)21-11(14(25)26)4-2-3-6-17/h11,28H,2-9,17-18H2,1H3,(H,19,24)(H,20,23)(H,21,27)(H,25,26)/t11-,16?/m0/s1. The molecule has 0 saturated carbocycles. The number of amides is 3. The largest absolute Gasteiger partial charge is 0.480 e. The van der Waals surface area contributed by atoms with E-state index >= 15 is 0 Å². The molecule has 0 aromatic heterocycles. The summed E-state index contributed by atoms with van der Waals surface area (Å²) >= 11 is 4.15. The van der Waals surface area contributed by atoms with Crippen LogP contribution in [0.4, 0.5) is 0 Å². The molecule has 0 aromatic carbocycles. The maximum atomic E-state index is 12.5. The smallest absolute Gasteiger partial charge is 0.326 e. The molecule has 0 bridgehead atoms. The lowest BCUT2D eigenvalue weighted by molar-refractivity contribution is -0.143. The van der Waals surface area contributed by atoms with E-state index in [0.29, 0.717) is 19.4 Å². The molecule has 8 N–H and O–H groups in total. The third-order valence-electron chi connectivity index (χ3n) is 3.95. The normalized spacial score (nSPS) is 13.7. The molecule has 0 spiro atoms. The zero-order chi connectivity index (χ0) is 21.7. The van der Waals surface area contributed by atoms with Gasteiger partial charge in [-0.2, -0.15) is 12.6 Å². The molecule has 0 rings (SSSR count). The number of carbonyl (C=O) groups excluding carboxylic acids is 4. The predicted molar refractivity (Wildman–Crippen MR) is 105 cm³/mol. The SMILES string of the molecule is CC(=O)C(S)(CCNC(=O)CNC(=O)CN)C(=O)N[C@@H](CCCCN)C(=O)O. The van der Waals surface area contributed by atoms with Gasteiger partial charge in [0.25, 0.3) is 0 Å². The lowest BCUT2D eigenvalue weighted by atomic mass is 9.97. The van der Waals surface area contributed by atoms with Crippen molar-refractivity contribution in [3.05, 3.63) is 0 Å². The molecular weight excluding hydrogens is 390 g/mol. The Balaban J connectivity index is 4.79. The minimum atomic E-state index is -1.81. The van der Waals surface area contributed by atoms with Gasteiger partial charge in [-0.05, 0) is 39.2 Å². The summed E-state index contributed by atoms with van der Waals surface area (Å²) in [5, 5.41) is 16.3. The summed E-state index contributed by atoms with van der Waals surface area (Å²) < 4.78 is -1.81. The van der Waals surface area contributed by atoms with Crippen molar-refractivity contribution in [3.8, 4) is 0 Å². The fourth-order valence-electron chi connectivity index (χ4n) is 2.17. The summed E-state index contributed by atoms with van der Waals surface area (Å²) in [6.07, 6.45) is 1.10. The molecule has 0 aliphatic carbocycles. The maximum absolute atomic E-state index is 12.5. The molecule has 0 aliphatic heterocycles. The number of ketones is 1. The van der Waals surface area contributed by atoms with Gasteiger partial charge in [0, 0.05) is 6.54 Å². The first-order valence-corrected chi connectivity index (χ1v) is 9.23. The first-order chi connectivity index (χ1) is 13.1. The number of carboxylic acids is 1. The molecule has 1 unspecified atom stereocenters. The Labute approximate surface area is 168 Å². The second-order valence-corrected chi connectivity index (χ2v) is 6.91. The van der Waals surface area contributed by atoms with Crippen molar-refractivity contribution in [3.63, 3.8) is 0 Å². The van der Waals surface area contributed by atoms with Crippen LogP contribution in [0.25, 0.3) is 0 Å². The van der Waals surface area contributed by atoms with E-state index < -0.39 is 40.3 Å². The second kappa shape index (κ2) is 13.1. The van der Waals surface area contributed by atoms with Gasteiger partial charge < -0.3 is 32.5 Å². The van der Waals surface area contributed by atoms with Crippen molar-refractivity contribution in [2.45, 2.75) is 43.4 Å². The number of aliphatic carboxylic acids is 1. The molecule has 2 atom stereocenters. The van der Waals surface area contributed by atoms with Crippen LogP contribution in [0.3, 0.4) is 0 Å². The Morgan fingerprint density at radius 2 is 1.71 bits per heavy atom. The third-order valence-corrected chi connectivity index (χ3v) is 4.69. The van der Waals surface area contributed by atoms with Crippen LogP contribution in [0, 0.1) is 0 Å². The van der Waals surface area contributed by atoms with Gasteiger partial charge in [0.15, 0.2) is 10.5 Å². The summed E-state index contributed by atoms with van der Waals surface area (Å²) in [5.74, 6) is -3.71. The second-order valence-electron chi connectivity index (χ2n) is 6.15. The number of hydrogen-bond donors (Lipinski definition) is 7. The molecule has 0 aliphatic rings. The molecule has 160 valence electrons. The van der Waals surface area contributed by atoms with Crippen LogP contribution >= 0.6 is 12.6 Å². The van der Waals surface area contributed by atoms with E-state index in [1.54, 1.807) is 0 Å². The average Bonchev–Trinajstić information content (AvgIpc) is 2.64. The average molecular weight is 420 g/mol. The van der Waals surface area contributed by atoms with Crippen LogP contribution in [-0.2, 0) is 24.0 Å². The Morgan fingerprint density at radius 1 is 1.07 bits per heavy atom. The van der Waals surface area contributed by atoms with E-state index in [1.807, 2.05) is 0 Å². The van der Waals surface area contributed by atoms with E-state index in [-0.39, 0.29) is 32.5 Å². The van der Waals surface area contributed by atoms with Crippen LogP contribution in [0.15, 0.2) is 0 Å². The first kappa shape index (κ1) is 25.8. The van der Waals surface area contributed by atoms with Crippen LogP contribution < -0.4 is 27.4 Å². The van der Waals surface area contributed by atoms with Crippen molar-refractivity contribution in [1.82, 2.24) is 16.0 Å². The third kappa shape index (κ3) is 9.15. The van der Waals surface area contributed by atoms with Crippen molar-refractivity contribution in [2.75, 3.05) is 26.2 Å². The van der Waals surface area contributed by atoms with Crippen molar-refractivity contribution in [1.29, 1.82) is 0 Å². The monoisotopic (exact) mass is 419 g/mol. The van der Waals surface area contributed by atoms with E-state index in [9.17, 15) is 29.1 Å². The van der Waals surface area contributed by atoms with Crippen LogP contribution in [-0.4, -0.2) is 71.5 Å². The maximum Gasteiger partial charge on any atom is 0.326 e. The molecule has 28 heavy (non-hydrogen) atoms. The van der Waals surface area contributed by atoms with Gasteiger partial charge in [0.2, 0.25) is 17.7 Å². The molecule has 3 amide bonds. The van der Waals surface area contributed by atoms with Gasteiger partial charge in [-0.25, -0.2) is 4.79 Å². The van der Waals surface area contributed by atoms with Gasteiger partial charge in [0.1, 0.15) is 6.04 Å². The zero-order valence-corrected chi connectivity index (χ0v) is 16.7. The highest BCUT2D eigenvalue weighted by atomic mass is 32.1. The van der Waals surface area contributed by atoms with Crippen molar-refractivity contribution in [2.24, 2.45) is 11.5 Å². The summed E-state index contributed by atoms with van der Waals surface area (Å²) in [4.78, 5) is 58.4. The Kier molecular flexibility index (Phi) is 12.1. The Bertz CT molecular complexity index is 588. The number of carboxylic acid groups (broad SMARTS) is 1. The zero-order valence-electron chi connectivity index (χ0n) is 15.8. The van der Waals surface area contributed by atoms with E-state index in [2.05, 4.69) is 28.6 Å². The predicted octanol–water partition coefficient (Wildman–Crippen LogP) is -2.48. The van der Waals surface area contributed by atoms with Crippen molar-refractivity contribution >= 4 is 42.1 Å². The van der Waals surface area contributed by atoms with Crippen LogP contribution in [0.1, 0.15) is 32.6 Å². The quantitative estimate of drug-likeness (QED) is 0.0913. The van der Waals surface area contributed by atoms with Gasteiger partial charge in [-0.15, -0.1) is 0 Å². The van der Waals surface area contributed by atoms with Gasteiger partial charge in [0.05, 0.1) is 13.1 Å². The number of carbonyl (C=O) groups is 5. The molecular formula is C16H29N5O6S. The Hall–Kier alpha value is -2.18. The minimum absolute atomic E-state index is 0.0846. The molecule has 0 radical (unpaired) electrons. The highest BCUT2D eigenvalue weighted by molar-refractivity contribution is 7.83. The van der Waals surface area contributed by atoms with E-state index in [4.69, 9.17) is 11.5 Å². The number of nitrogens with one attached hydrogen (secondary N) is 3. The van der Waals surface area contributed by atoms with E-state index in [1.165, 1.54) is 0 Å². The molecule has 0 aromatic rings. The molecule has 11 nitrogen and oxygen atoms in total. The highest BCUT2D eigenvalue weighted by Crippen LogP contribution is 2.21. The Morgan fingerprint density at radius 3 is 2.21 bits per heavy atom. The fraction of sp³-hybridized carbons (Fsp3) is 0.688. The van der Waals surface area contributed by atoms with Gasteiger partial charge in [-0.1, -0.05) is 0 Å². The number of hydrogen-bond acceptors (Lipinski definition) is 8. The van der Waals surface area contributed by atoms with Crippen LogP contribution in [0.5, 0.6) is 0 Å². The van der Waals surface area contributed by atoms with Gasteiger partial charge >= 0.3 is 5.97 Å². The van der Waals surface area contributed by atoms with E-state index in [0.717, 1.165) is 6.92 Å². The summed E-state index contributed by atoms with van der Waals surface area (Å²) in [7, 11) is 0. The van der Waals surface area contributed by atoms with Crippen molar-refractivity contribution < 1.29 is 29.1 Å². The molecule has 12 heteroatoms. The summed E-state index contributed by atoms with van der Waals surface area (Å²) in [6, 6.07) is -1.18. The fourth-order valence-corrected chi connectivity index (χ4v) is 2.35. The number of rotatable bonds is 14. The molecule has 0 fully saturated rings. The topological polar surface area (TPSA) is 194 Å². The molecule has 0 heterocycles. The lowest BCUT2D eigenvalue weighted by Crippen LogP contribution is -2.54. The number of Topliss-reactive ketones (excluding diaryl/α,β-unsaturated/α-hetero) is 1. The number of unbranched alkanes of at least 4 members (excludes halogenated alkanes) is 1. The molecule has 0 saturated heterocycles. The number of thiol groups is 1. The lowest BCUT2D eigenvalue weighted by Gasteiger charge is -2.26. The first-order valence-electron chi connectivity index (χ1n) is 8.79. The minimum Gasteiger partial charge on any atom is -0.480 e. The highest BCUT2D eigenvalue weighted by Gasteiger charge is 2.40. The summed E-state index contributed by atoms with van der Waals surface area (Å²) in [5.41, 5.74) is 10.5. The number of nitrogens with two attached hydrogens (primary N) is 2.